The summed E-state index contributed by atoms with van der Waals surface area (Å²) in [6.45, 7) is 6.30. The number of carbonyl (C=O) groups excluding carboxylic acids is 1. The molecule has 2 unspecified atom stereocenters. The molecular weight excluding hydrogens is 333 g/mol. The first-order chi connectivity index (χ1) is 11.2. The zero-order valence-electron chi connectivity index (χ0n) is 14.0. The Balaban J connectivity index is 1.90. The van der Waals surface area contributed by atoms with Gasteiger partial charge in [0, 0.05) is 10.6 Å². The van der Waals surface area contributed by atoms with E-state index in [0.29, 0.717) is 30.2 Å². The van der Waals surface area contributed by atoms with E-state index in [1.165, 1.54) is 12.1 Å². The van der Waals surface area contributed by atoms with Crippen LogP contribution < -0.4 is 0 Å². The van der Waals surface area contributed by atoms with Crippen LogP contribution in [0.1, 0.15) is 32.8 Å². The highest BCUT2D eigenvalue weighted by atomic mass is 35.5. The third kappa shape index (κ3) is 3.57. The summed E-state index contributed by atoms with van der Waals surface area (Å²) in [5, 5.41) is 0.489. The first kappa shape index (κ1) is 17.2. The minimum atomic E-state index is -0.560. The van der Waals surface area contributed by atoms with E-state index < -0.39 is 5.60 Å². The van der Waals surface area contributed by atoms with E-state index in [1.54, 1.807) is 11.0 Å². The van der Waals surface area contributed by atoms with E-state index in [2.05, 4.69) is 0 Å². The lowest BCUT2D eigenvalue weighted by Gasteiger charge is -2.44. The number of halogens is 2. The van der Waals surface area contributed by atoms with Crippen molar-refractivity contribution < 1.29 is 18.7 Å². The summed E-state index contributed by atoms with van der Waals surface area (Å²) in [5.74, 6) is -0.310. The first-order valence-corrected chi connectivity index (χ1v) is 8.37. The van der Waals surface area contributed by atoms with Gasteiger partial charge in [-0.1, -0.05) is 17.7 Å². The van der Waals surface area contributed by atoms with Gasteiger partial charge in [0.05, 0.1) is 25.3 Å². The molecule has 2 aliphatic rings. The van der Waals surface area contributed by atoms with Gasteiger partial charge in [-0.15, -0.1) is 0 Å². The van der Waals surface area contributed by atoms with Gasteiger partial charge in [0.1, 0.15) is 11.4 Å². The molecule has 0 radical (unpaired) electrons. The molecule has 2 bridgehead atoms. The highest BCUT2D eigenvalue weighted by Gasteiger charge is 2.40. The number of ether oxygens (including phenoxy) is 2. The van der Waals surface area contributed by atoms with Crippen LogP contribution in [0.4, 0.5) is 9.18 Å². The van der Waals surface area contributed by atoms with Gasteiger partial charge < -0.3 is 9.47 Å². The Morgan fingerprint density at radius 1 is 1.38 bits per heavy atom. The number of hydrogen-bond acceptors (Lipinski definition) is 3. The lowest BCUT2D eigenvalue weighted by molar-refractivity contribution is -0.0510. The number of benzene rings is 1. The maximum Gasteiger partial charge on any atom is 0.411 e. The van der Waals surface area contributed by atoms with Crippen LogP contribution in [0.2, 0.25) is 5.02 Å². The van der Waals surface area contributed by atoms with E-state index in [1.807, 2.05) is 26.8 Å². The molecule has 1 saturated heterocycles. The number of fused-ring (bicyclic) bond motifs is 2. The Labute approximate surface area is 146 Å². The molecule has 0 aromatic heterocycles. The zero-order chi connectivity index (χ0) is 17.5. The quantitative estimate of drug-likeness (QED) is 0.756. The van der Waals surface area contributed by atoms with Crippen molar-refractivity contribution in [1.82, 2.24) is 4.90 Å². The lowest BCUT2D eigenvalue weighted by atomic mass is 9.90. The summed E-state index contributed by atoms with van der Waals surface area (Å²) in [7, 11) is 0. The minimum Gasteiger partial charge on any atom is -0.444 e. The Kier molecular flexibility index (Phi) is 4.58. The summed E-state index contributed by atoms with van der Waals surface area (Å²) in [4.78, 5) is 14.2. The second-order valence-electron chi connectivity index (χ2n) is 7.17. The van der Waals surface area contributed by atoms with Gasteiger partial charge in [0.2, 0.25) is 0 Å². The molecule has 24 heavy (non-hydrogen) atoms. The highest BCUT2D eigenvalue weighted by Crippen LogP contribution is 2.35. The predicted molar refractivity (Wildman–Crippen MR) is 90.5 cm³/mol. The van der Waals surface area contributed by atoms with Crippen LogP contribution in [0.15, 0.2) is 24.3 Å². The number of hydrogen-bond donors (Lipinski definition) is 0. The third-order valence-electron chi connectivity index (χ3n) is 4.08. The summed E-state index contributed by atoms with van der Waals surface area (Å²) >= 11 is 6.01. The van der Waals surface area contributed by atoms with Gasteiger partial charge in [0.25, 0.3) is 0 Å². The largest absolute Gasteiger partial charge is 0.444 e. The van der Waals surface area contributed by atoms with Crippen LogP contribution in [-0.2, 0) is 9.47 Å². The summed E-state index contributed by atoms with van der Waals surface area (Å²) in [5.41, 5.74) is 0.784. The SMILES string of the molecule is CC(C)(C)OC(=O)N1C2C=C(c3cc(Cl)ccc3F)CC1COC2. The van der Waals surface area contributed by atoms with E-state index in [-0.39, 0.29) is 24.0 Å². The van der Waals surface area contributed by atoms with Crippen LogP contribution in [0.25, 0.3) is 5.57 Å². The molecule has 1 fully saturated rings. The Morgan fingerprint density at radius 2 is 2.12 bits per heavy atom. The third-order valence-corrected chi connectivity index (χ3v) is 4.31. The first-order valence-electron chi connectivity index (χ1n) is 8.00. The van der Waals surface area contributed by atoms with Gasteiger partial charge in [-0.05, 0) is 51.0 Å². The Morgan fingerprint density at radius 3 is 2.79 bits per heavy atom. The van der Waals surface area contributed by atoms with Gasteiger partial charge in [-0.25, -0.2) is 9.18 Å². The molecule has 6 heteroatoms. The summed E-state index contributed by atoms with van der Waals surface area (Å²) in [6, 6.07) is 4.09. The number of nitrogens with zero attached hydrogens (tertiary/aromatic N) is 1. The second kappa shape index (κ2) is 6.37. The maximum absolute atomic E-state index is 14.2. The lowest BCUT2D eigenvalue weighted by Crippen LogP contribution is -2.57. The van der Waals surface area contributed by atoms with Crippen LogP contribution in [0.3, 0.4) is 0 Å². The van der Waals surface area contributed by atoms with Gasteiger partial charge in [-0.3, -0.25) is 4.90 Å². The standard InChI is InChI=1S/C18H21ClFNO3/c1-18(2,3)24-17(22)21-13-6-11(7-14(21)10-23-9-13)15-8-12(19)4-5-16(15)20/h4-6,8,13-14H,7,9-10H2,1-3H3. The molecule has 3 rings (SSSR count). The number of morpholine rings is 1. The fourth-order valence-electron chi connectivity index (χ4n) is 3.14. The summed E-state index contributed by atoms with van der Waals surface area (Å²) in [6.07, 6.45) is 2.03. The van der Waals surface area contributed by atoms with Gasteiger partial charge in [-0.2, -0.15) is 0 Å². The molecule has 4 nitrogen and oxygen atoms in total. The molecule has 130 valence electrons. The molecule has 0 saturated carbocycles. The van der Waals surface area contributed by atoms with Crippen molar-refractivity contribution >= 4 is 23.3 Å². The average Bonchev–Trinajstić information content (AvgIpc) is 2.46. The predicted octanol–water partition coefficient (Wildman–Crippen LogP) is 4.27. The molecular formula is C18H21ClFNO3. The zero-order valence-corrected chi connectivity index (χ0v) is 14.8. The van der Waals surface area contributed by atoms with Crippen molar-refractivity contribution in [3.05, 3.63) is 40.7 Å². The fraction of sp³-hybridized carbons (Fsp3) is 0.500. The van der Waals surface area contributed by atoms with E-state index in [9.17, 15) is 9.18 Å². The molecule has 1 amide bonds. The number of amides is 1. The fourth-order valence-corrected chi connectivity index (χ4v) is 3.31. The van der Waals surface area contributed by atoms with Crippen molar-refractivity contribution in [3.8, 4) is 0 Å². The molecule has 1 aromatic rings. The van der Waals surface area contributed by atoms with Crippen LogP contribution in [0, 0.1) is 5.82 Å². The molecule has 0 N–H and O–H groups in total. The summed E-state index contributed by atoms with van der Waals surface area (Å²) < 4.78 is 25.2. The van der Waals surface area contributed by atoms with E-state index >= 15 is 0 Å². The highest BCUT2D eigenvalue weighted by molar-refractivity contribution is 6.30. The van der Waals surface area contributed by atoms with E-state index in [0.717, 1.165) is 5.57 Å². The Hall–Kier alpha value is -1.59. The molecule has 2 heterocycles. The second-order valence-corrected chi connectivity index (χ2v) is 7.60. The van der Waals surface area contributed by atoms with Crippen molar-refractivity contribution in [3.63, 3.8) is 0 Å². The molecule has 1 aromatic carbocycles. The Bertz CT molecular complexity index is 683. The number of rotatable bonds is 1. The van der Waals surface area contributed by atoms with Crippen LogP contribution in [-0.4, -0.2) is 41.9 Å². The molecule has 0 aliphatic carbocycles. The van der Waals surface area contributed by atoms with Crippen LogP contribution in [0.5, 0.6) is 0 Å². The molecule has 0 spiro atoms. The smallest absolute Gasteiger partial charge is 0.411 e. The topological polar surface area (TPSA) is 38.8 Å². The van der Waals surface area contributed by atoms with Crippen molar-refractivity contribution in [2.24, 2.45) is 0 Å². The molecule has 2 atom stereocenters. The minimum absolute atomic E-state index is 0.169. The monoisotopic (exact) mass is 353 g/mol. The van der Waals surface area contributed by atoms with Crippen molar-refractivity contribution in [2.45, 2.75) is 44.9 Å². The van der Waals surface area contributed by atoms with Crippen molar-refractivity contribution in [1.29, 1.82) is 0 Å². The maximum atomic E-state index is 14.2. The van der Waals surface area contributed by atoms with E-state index in [4.69, 9.17) is 21.1 Å². The normalized spacial score (nSPS) is 23.7. The molecule has 2 aliphatic heterocycles. The van der Waals surface area contributed by atoms with Gasteiger partial charge in [0.15, 0.2) is 0 Å². The van der Waals surface area contributed by atoms with Gasteiger partial charge >= 0.3 is 6.09 Å². The average molecular weight is 354 g/mol. The van der Waals surface area contributed by atoms with Crippen molar-refractivity contribution in [2.75, 3.05) is 13.2 Å². The van der Waals surface area contributed by atoms with Crippen LogP contribution >= 0.6 is 11.6 Å². The number of carbonyl (C=O) groups is 1.